The Labute approximate surface area is 147 Å². The Morgan fingerprint density at radius 1 is 1.08 bits per heavy atom. The van der Waals surface area contributed by atoms with E-state index in [2.05, 4.69) is 4.98 Å². The quantitative estimate of drug-likeness (QED) is 0.755. The predicted molar refractivity (Wildman–Crippen MR) is 96.6 cm³/mol. The van der Waals surface area contributed by atoms with Crippen LogP contribution in [0.25, 0.3) is 11.1 Å². The SMILES string of the molecule is CC(C)c1cnc(Cc2cccc(-c3ccccc3)c2S(N)(=O)=O)o1. The third-order valence-electron chi connectivity index (χ3n) is 3.95. The molecule has 0 spiro atoms. The molecule has 0 unspecified atom stereocenters. The van der Waals surface area contributed by atoms with Gasteiger partial charge in [0.2, 0.25) is 10.0 Å². The van der Waals surface area contributed by atoms with Crippen LogP contribution < -0.4 is 5.14 Å². The molecule has 0 radical (unpaired) electrons. The van der Waals surface area contributed by atoms with Gasteiger partial charge >= 0.3 is 0 Å². The second-order valence-electron chi connectivity index (χ2n) is 6.19. The highest BCUT2D eigenvalue weighted by Crippen LogP contribution is 2.31. The van der Waals surface area contributed by atoms with Gasteiger partial charge in [-0.3, -0.25) is 0 Å². The number of hydrogen-bond donors (Lipinski definition) is 1. The molecule has 1 aromatic heterocycles. The predicted octanol–water partition coefficient (Wildman–Crippen LogP) is 3.70. The lowest BCUT2D eigenvalue weighted by molar-refractivity contribution is 0.446. The van der Waals surface area contributed by atoms with Crippen molar-refractivity contribution in [1.82, 2.24) is 4.98 Å². The van der Waals surface area contributed by atoms with E-state index in [4.69, 9.17) is 9.56 Å². The normalized spacial score (nSPS) is 11.8. The van der Waals surface area contributed by atoms with Crippen LogP contribution in [0.1, 0.15) is 37.0 Å². The minimum absolute atomic E-state index is 0.116. The van der Waals surface area contributed by atoms with E-state index >= 15 is 0 Å². The van der Waals surface area contributed by atoms with E-state index in [0.717, 1.165) is 11.3 Å². The molecule has 6 heteroatoms. The van der Waals surface area contributed by atoms with Crippen LogP contribution in [-0.4, -0.2) is 13.4 Å². The zero-order valence-electron chi connectivity index (χ0n) is 14.1. The summed E-state index contributed by atoms with van der Waals surface area (Å²) in [4.78, 5) is 4.37. The van der Waals surface area contributed by atoms with Gasteiger partial charge in [-0.25, -0.2) is 18.5 Å². The Balaban J connectivity index is 2.10. The number of rotatable bonds is 5. The van der Waals surface area contributed by atoms with E-state index < -0.39 is 10.0 Å². The van der Waals surface area contributed by atoms with Crippen molar-refractivity contribution in [2.24, 2.45) is 5.14 Å². The average Bonchev–Trinajstić information content (AvgIpc) is 3.03. The van der Waals surface area contributed by atoms with Gasteiger partial charge in [0.15, 0.2) is 5.89 Å². The summed E-state index contributed by atoms with van der Waals surface area (Å²) < 4.78 is 30.3. The second kappa shape index (κ2) is 6.82. The molecule has 0 aliphatic rings. The van der Waals surface area contributed by atoms with Crippen LogP contribution >= 0.6 is 0 Å². The summed E-state index contributed by atoms with van der Waals surface area (Å²) in [6, 6.07) is 14.6. The van der Waals surface area contributed by atoms with Crippen molar-refractivity contribution in [2.75, 3.05) is 0 Å². The fourth-order valence-corrected chi connectivity index (χ4v) is 3.74. The monoisotopic (exact) mass is 356 g/mol. The van der Waals surface area contributed by atoms with E-state index in [9.17, 15) is 8.42 Å². The van der Waals surface area contributed by atoms with Crippen LogP contribution in [0.2, 0.25) is 0 Å². The number of aromatic nitrogens is 1. The summed E-state index contributed by atoms with van der Waals surface area (Å²) in [7, 11) is -3.91. The summed E-state index contributed by atoms with van der Waals surface area (Å²) in [5, 5.41) is 5.52. The first-order valence-electron chi connectivity index (χ1n) is 8.01. The van der Waals surface area contributed by atoms with E-state index in [1.807, 2.05) is 50.2 Å². The summed E-state index contributed by atoms with van der Waals surface area (Å²) >= 11 is 0. The smallest absolute Gasteiger partial charge is 0.238 e. The van der Waals surface area contributed by atoms with Crippen LogP contribution in [0.5, 0.6) is 0 Å². The fourth-order valence-electron chi connectivity index (χ4n) is 2.74. The summed E-state index contributed by atoms with van der Waals surface area (Å²) in [5.41, 5.74) is 1.95. The molecule has 0 bridgehead atoms. The van der Waals surface area contributed by atoms with E-state index in [1.54, 1.807) is 18.3 Å². The molecule has 0 fully saturated rings. The molecule has 3 aromatic rings. The molecule has 25 heavy (non-hydrogen) atoms. The molecule has 3 rings (SSSR count). The minimum atomic E-state index is -3.91. The van der Waals surface area contributed by atoms with Crippen LogP contribution in [0.3, 0.4) is 0 Å². The highest BCUT2D eigenvalue weighted by Gasteiger charge is 2.21. The molecule has 2 aromatic carbocycles. The standard InChI is InChI=1S/C19H20N2O3S/c1-13(2)17-12-21-18(24-17)11-15-9-6-10-16(19(15)25(20,22)23)14-7-4-3-5-8-14/h3-10,12-13H,11H2,1-2H3,(H2,20,22,23). The number of hydrogen-bond acceptors (Lipinski definition) is 4. The molecular weight excluding hydrogens is 336 g/mol. The Kier molecular flexibility index (Phi) is 4.74. The van der Waals surface area contributed by atoms with Crippen LogP contribution in [0.15, 0.2) is 64.0 Å². The molecule has 0 amide bonds. The van der Waals surface area contributed by atoms with Crippen LogP contribution in [-0.2, 0) is 16.4 Å². The van der Waals surface area contributed by atoms with Crippen molar-refractivity contribution in [3.05, 3.63) is 71.9 Å². The van der Waals surface area contributed by atoms with Gasteiger partial charge in [0, 0.05) is 11.5 Å². The summed E-state index contributed by atoms with van der Waals surface area (Å²) in [6.07, 6.45) is 1.94. The van der Waals surface area contributed by atoms with Gasteiger partial charge in [-0.2, -0.15) is 0 Å². The highest BCUT2D eigenvalue weighted by atomic mass is 32.2. The van der Waals surface area contributed by atoms with Crippen molar-refractivity contribution >= 4 is 10.0 Å². The van der Waals surface area contributed by atoms with Crippen molar-refractivity contribution in [2.45, 2.75) is 31.1 Å². The molecule has 1 heterocycles. The molecule has 2 N–H and O–H groups in total. The van der Waals surface area contributed by atoms with Crippen molar-refractivity contribution in [3.8, 4) is 11.1 Å². The van der Waals surface area contributed by atoms with Gasteiger partial charge in [-0.05, 0) is 11.1 Å². The van der Waals surface area contributed by atoms with Gasteiger partial charge in [0.05, 0.1) is 17.5 Å². The molecule has 0 saturated heterocycles. The minimum Gasteiger partial charge on any atom is -0.445 e. The van der Waals surface area contributed by atoms with Gasteiger partial charge in [0.1, 0.15) is 5.76 Å². The van der Waals surface area contributed by atoms with Gasteiger partial charge < -0.3 is 4.42 Å². The zero-order chi connectivity index (χ0) is 18.0. The lowest BCUT2D eigenvalue weighted by Gasteiger charge is -2.12. The van der Waals surface area contributed by atoms with E-state index in [-0.39, 0.29) is 17.2 Å². The third kappa shape index (κ3) is 3.81. The molecular formula is C19H20N2O3S. The van der Waals surface area contributed by atoms with Crippen molar-refractivity contribution in [3.63, 3.8) is 0 Å². The third-order valence-corrected chi connectivity index (χ3v) is 5.00. The number of primary sulfonamides is 1. The topological polar surface area (TPSA) is 86.2 Å². The number of sulfonamides is 1. The Hall–Kier alpha value is -2.44. The second-order valence-corrected chi connectivity index (χ2v) is 7.69. The van der Waals surface area contributed by atoms with Gasteiger partial charge in [-0.15, -0.1) is 0 Å². The summed E-state index contributed by atoms with van der Waals surface area (Å²) in [5.74, 6) is 1.46. The molecule has 130 valence electrons. The number of nitrogens with two attached hydrogens (primary N) is 1. The molecule has 0 saturated carbocycles. The van der Waals surface area contributed by atoms with Gasteiger partial charge in [-0.1, -0.05) is 62.4 Å². The van der Waals surface area contributed by atoms with Crippen LogP contribution in [0.4, 0.5) is 0 Å². The zero-order valence-corrected chi connectivity index (χ0v) is 15.0. The maximum Gasteiger partial charge on any atom is 0.238 e. The summed E-state index contributed by atoms with van der Waals surface area (Å²) in [6.45, 7) is 4.02. The lowest BCUT2D eigenvalue weighted by atomic mass is 10.0. The molecule has 5 nitrogen and oxygen atoms in total. The molecule has 0 aliphatic carbocycles. The molecule has 0 aliphatic heterocycles. The first-order valence-corrected chi connectivity index (χ1v) is 9.55. The van der Waals surface area contributed by atoms with Crippen molar-refractivity contribution < 1.29 is 12.8 Å². The van der Waals surface area contributed by atoms with E-state index in [1.165, 1.54) is 0 Å². The fraction of sp³-hybridized carbons (Fsp3) is 0.211. The first-order chi connectivity index (χ1) is 11.9. The molecule has 0 atom stereocenters. The number of oxazole rings is 1. The Bertz CT molecular complexity index is 977. The average molecular weight is 356 g/mol. The Morgan fingerprint density at radius 2 is 1.80 bits per heavy atom. The number of benzene rings is 2. The first kappa shape index (κ1) is 17.4. The maximum atomic E-state index is 12.3. The van der Waals surface area contributed by atoms with E-state index in [0.29, 0.717) is 17.0 Å². The van der Waals surface area contributed by atoms with Crippen LogP contribution in [0, 0.1) is 0 Å². The van der Waals surface area contributed by atoms with Gasteiger partial charge in [0.25, 0.3) is 0 Å². The maximum absolute atomic E-state index is 12.3. The lowest BCUT2D eigenvalue weighted by Crippen LogP contribution is -2.16. The number of nitrogens with zero attached hydrogens (tertiary/aromatic N) is 1. The Morgan fingerprint density at radius 3 is 2.40 bits per heavy atom. The largest absolute Gasteiger partial charge is 0.445 e. The highest BCUT2D eigenvalue weighted by molar-refractivity contribution is 7.89. The van der Waals surface area contributed by atoms with Crippen molar-refractivity contribution in [1.29, 1.82) is 0 Å².